The average molecular weight is 309 g/mol. The van der Waals surface area contributed by atoms with E-state index in [4.69, 9.17) is 4.42 Å². The van der Waals surface area contributed by atoms with Gasteiger partial charge in [-0.05, 0) is 18.6 Å². The van der Waals surface area contributed by atoms with Crippen LogP contribution in [0.1, 0.15) is 21.8 Å². The number of carbonyl (C=O) groups excluding carboxylic acids is 1. The summed E-state index contributed by atoms with van der Waals surface area (Å²) >= 11 is 0. The molecule has 1 aromatic heterocycles. The Morgan fingerprint density at radius 1 is 1.29 bits per heavy atom. The SMILES string of the molecule is Cc1ccccc1C(=O)NCCc1nnc(S(C)(=O)=O)o1. The van der Waals surface area contributed by atoms with E-state index in [0.717, 1.165) is 11.8 Å². The number of amides is 1. The average Bonchev–Trinajstić information content (AvgIpc) is 2.88. The second-order valence-corrected chi connectivity index (χ2v) is 6.45. The minimum Gasteiger partial charge on any atom is -0.412 e. The van der Waals surface area contributed by atoms with Crippen molar-refractivity contribution >= 4 is 15.7 Å². The molecule has 2 rings (SSSR count). The Balaban J connectivity index is 1.92. The van der Waals surface area contributed by atoms with Crippen molar-refractivity contribution in [2.75, 3.05) is 12.8 Å². The van der Waals surface area contributed by atoms with Crippen LogP contribution >= 0.6 is 0 Å². The summed E-state index contributed by atoms with van der Waals surface area (Å²) in [7, 11) is -3.50. The predicted octanol–water partition coefficient (Wildman–Crippen LogP) is 0.754. The molecular formula is C13H15N3O4S. The molecule has 112 valence electrons. The van der Waals surface area contributed by atoms with Gasteiger partial charge in [0.2, 0.25) is 15.7 Å². The highest BCUT2D eigenvalue weighted by Gasteiger charge is 2.16. The van der Waals surface area contributed by atoms with E-state index in [1.165, 1.54) is 0 Å². The quantitative estimate of drug-likeness (QED) is 0.874. The van der Waals surface area contributed by atoms with Gasteiger partial charge in [0.1, 0.15) is 0 Å². The number of rotatable bonds is 5. The van der Waals surface area contributed by atoms with Gasteiger partial charge in [-0.3, -0.25) is 4.79 Å². The van der Waals surface area contributed by atoms with Gasteiger partial charge < -0.3 is 9.73 Å². The van der Waals surface area contributed by atoms with Crippen LogP contribution in [-0.2, 0) is 16.3 Å². The summed E-state index contributed by atoms with van der Waals surface area (Å²) in [6.45, 7) is 2.13. The number of aromatic nitrogens is 2. The maximum Gasteiger partial charge on any atom is 0.335 e. The lowest BCUT2D eigenvalue weighted by Crippen LogP contribution is -2.26. The first-order chi connectivity index (χ1) is 9.88. The number of sulfone groups is 1. The number of hydrogen-bond donors (Lipinski definition) is 1. The van der Waals surface area contributed by atoms with Crippen molar-refractivity contribution in [3.8, 4) is 0 Å². The minimum absolute atomic E-state index is 0.167. The number of carbonyl (C=O) groups is 1. The molecule has 0 bridgehead atoms. The van der Waals surface area contributed by atoms with E-state index in [-0.39, 0.29) is 24.8 Å². The van der Waals surface area contributed by atoms with Gasteiger partial charge >= 0.3 is 5.22 Å². The molecule has 2 aromatic rings. The smallest absolute Gasteiger partial charge is 0.335 e. The lowest BCUT2D eigenvalue weighted by molar-refractivity contribution is 0.0953. The summed E-state index contributed by atoms with van der Waals surface area (Å²) < 4.78 is 27.4. The van der Waals surface area contributed by atoms with Crippen molar-refractivity contribution in [1.82, 2.24) is 15.5 Å². The molecule has 1 N–H and O–H groups in total. The van der Waals surface area contributed by atoms with Gasteiger partial charge in [-0.15, -0.1) is 5.10 Å². The molecule has 0 unspecified atom stereocenters. The van der Waals surface area contributed by atoms with E-state index in [0.29, 0.717) is 5.56 Å². The van der Waals surface area contributed by atoms with E-state index in [1.807, 2.05) is 19.1 Å². The van der Waals surface area contributed by atoms with Crippen molar-refractivity contribution in [3.63, 3.8) is 0 Å². The fraction of sp³-hybridized carbons (Fsp3) is 0.308. The van der Waals surface area contributed by atoms with Crippen LogP contribution in [0, 0.1) is 6.92 Å². The number of benzene rings is 1. The Hall–Kier alpha value is -2.22. The van der Waals surface area contributed by atoms with Crippen LogP contribution in [0.15, 0.2) is 33.9 Å². The Morgan fingerprint density at radius 3 is 2.62 bits per heavy atom. The van der Waals surface area contributed by atoms with E-state index >= 15 is 0 Å². The number of nitrogens with zero attached hydrogens (tertiary/aromatic N) is 2. The Kier molecular flexibility index (Phi) is 4.37. The molecule has 0 aliphatic heterocycles. The van der Waals surface area contributed by atoms with Crippen LogP contribution in [0.3, 0.4) is 0 Å². The van der Waals surface area contributed by atoms with Crippen LogP contribution < -0.4 is 5.32 Å². The van der Waals surface area contributed by atoms with Gasteiger partial charge in [-0.25, -0.2) is 8.42 Å². The molecule has 1 amide bonds. The van der Waals surface area contributed by atoms with Crippen molar-refractivity contribution in [2.45, 2.75) is 18.6 Å². The summed E-state index contributed by atoms with van der Waals surface area (Å²) in [4.78, 5) is 11.9. The van der Waals surface area contributed by atoms with Crippen molar-refractivity contribution < 1.29 is 17.6 Å². The molecule has 0 spiro atoms. The van der Waals surface area contributed by atoms with E-state index in [2.05, 4.69) is 15.5 Å². The Morgan fingerprint density at radius 2 is 2.00 bits per heavy atom. The van der Waals surface area contributed by atoms with E-state index < -0.39 is 15.1 Å². The van der Waals surface area contributed by atoms with Gasteiger partial charge in [0.25, 0.3) is 5.91 Å². The largest absolute Gasteiger partial charge is 0.412 e. The lowest BCUT2D eigenvalue weighted by Gasteiger charge is -2.05. The zero-order valence-electron chi connectivity index (χ0n) is 11.7. The first-order valence-corrected chi connectivity index (χ1v) is 8.13. The molecule has 0 saturated carbocycles. The molecule has 0 atom stereocenters. The number of nitrogens with one attached hydrogen (secondary N) is 1. The summed E-state index contributed by atoms with van der Waals surface area (Å²) in [5.41, 5.74) is 1.48. The highest BCUT2D eigenvalue weighted by Crippen LogP contribution is 2.08. The van der Waals surface area contributed by atoms with Crippen LogP contribution in [0.2, 0.25) is 0 Å². The molecular weight excluding hydrogens is 294 g/mol. The van der Waals surface area contributed by atoms with E-state index in [1.54, 1.807) is 12.1 Å². The maximum atomic E-state index is 11.9. The highest BCUT2D eigenvalue weighted by atomic mass is 32.2. The van der Waals surface area contributed by atoms with Crippen LogP contribution in [0.5, 0.6) is 0 Å². The number of hydrogen-bond acceptors (Lipinski definition) is 6. The third-order valence-corrected chi connectivity index (χ3v) is 3.58. The highest BCUT2D eigenvalue weighted by molar-refractivity contribution is 7.90. The molecule has 8 heteroatoms. The second-order valence-electron chi connectivity index (χ2n) is 4.55. The van der Waals surface area contributed by atoms with Gasteiger partial charge in [0.05, 0.1) is 0 Å². The van der Waals surface area contributed by atoms with Crippen LogP contribution in [0.4, 0.5) is 0 Å². The summed E-state index contributed by atoms with van der Waals surface area (Å²) in [5.74, 6) is -0.0311. The fourth-order valence-electron chi connectivity index (χ4n) is 1.69. The normalized spacial score (nSPS) is 11.3. The molecule has 0 aliphatic carbocycles. The summed E-state index contributed by atoms with van der Waals surface area (Å²) in [6.07, 6.45) is 1.25. The molecule has 0 fully saturated rings. The topological polar surface area (TPSA) is 102 Å². The standard InChI is InChI=1S/C13H15N3O4S/c1-9-5-3-4-6-10(9)12(17)14-8-7-11-15-16-13(20-11)21(2,18)19/h3-6H,7-8H2,1-2H3,(H,14,17). The van der Waals surface area contributed by atoms with E-state index in [9.17, 15) is 13.2 Å². The van der Waals surface area contributed by atoms with Crippen molar-refractivity contribution in [3.05, 3.63) is 41.3 Å². The molecule has 0 radical (unpaired) electrons. The summed E-state index contributed by atoms with van der Waals surface area (Å²) in [6, 6.07) is 7.24. The first-order valence-electron chi connectivity index (χ1n) is 6.24. The van der Waals surface area contributed by atoms with Crippen molar-refractivity contribution in [2.24, 2.45) is 0 Å². The maximum absolute atomic E-state index is 11.9. The molecule has 0 saturated heterocycles. The van der Waals surface area contributed by atoms with Gasteiger partial charge in [-0.2, -0.15) is 0 Å². The van der Waals surface area contributed by atoms with Crippen LogP contribution in [-0.4, -0.2) is 37.3 Å². The Bertz CT molecular complexity index is 752. The molecule has 1 heterocycles. The molecule has 7 nitrogen and oxygen atoms in total. The third kappa shape index (κ3) is 3.88. The zero-order chi connectivity index (χ0) is 15.5. The van der Waals surface area contributed by atoms with Gasteiger partial charge in [-0.1, -0.05) is 23.3 Å². The molecule has 0 aliphatic rings. The zero-order valence-corrected chi connectivity index (χ0v) is 12.5. The summed E-state index contributed by atoms with van der Waals surface area (Å²) in [5, 5.41) is 9.37. The Labute approximate surface area is 122 Å². The third-order valence-electron chi connectivity index (χ3n) is 2.78. The lowest BCUT2D eigenvalue weighted by atomic mass is 10.1. The number of aryl methyl sites for hydroxylation is 1. The fourth-order valence-corrected chi connectivity index (χ4v) is 2.13. The predicted molar refractivity (Wildman–Crippen MR) is 74.6 cm³/mol. The van der Waals surface area contributed by atoms with Gasteiger partial charge in [0, 0.05) is 24.8 Å². The van der Waals surface area contributed by atoms with Crippen LogP contribution in [0.25, 0.3) is 0 Å². The minimum atomic E-state index is -3.50. The van der Waals surface area contributed by atoms with Gasteiger partial charge in [0.15, 0.2) is 0 Å². The molecule has 21 heavy (non-hydrogen) atoms. The van der Waals surface area contributed by atoms with Crippen molar-refractivity contribution in [1.29, 1.82) is 0 Å². The monoisotopic (exact) mass is 309 g/mol. The second kappa shape index (κ2) is 6.04. The first kappa shape index (κ1) is 15.2. The molecule has 1 aromatic carbocycles.